The first-order valence-electron chi connectivity index (χ1n) is 5.91. The van der Waals surface area contributed by atoms with E-state index in [2.05, 4.69) is 15.5 Å². The van der Waals surface area contributed by atoms with E-state index in [9.17, 15) is 4.79 Å². The Morgan fingerprint density at radius 3 is 2.61 bits per heavy atom. The number of anilines is 1. The molecule has 1 rings (SSSR count). The zero-order valence-corrected chi connectivity index (χ0v) is 11.3. The summed E-state index contributed by atoms with van der Waals surface area (Å²) in [5.41, 5.74) is 0.346. The van der Waals surface area contributed by atoms with Gasteiger partial charge in [0, 0.05) is 26.7 Å². The number of nitrogens with zero attached hydrogens (tertiary/aromatic N) is 3. The molecular formula is C12H20N4O2. The lowest BCUT2D eigenvalue weighted by Crippen LogP contribution is -2.39. The Morgan fingerprint density at radius 1 is 1.44 bits per heavy atom. The van der Waals surface area contributed by atoms with E-state index in [1.54, 1.807) is 31.2 Å². The Balaban J connectivity index is 2.80. The van der Waals surface area contributed by atoms with Crippen molar-refractivity contribution in [2.24, 2.45) is 0 Å². The van der Waals surface area contributed by atoms with Gasteiger partial charge in [0.2, 0.25) is 0 Å². The highest BCUT2D eigenvalue weighted by atomic mass is 16.5. The van der Waals surface area contributed by atoms with Gasteiger partial charge in [-0.05, 0) is 26.0 Å². The fourth-order valence-electron chi connectivity index (χ4n) is 1.51. The summed E-state index contributed by atoms with van der Waals surface area (Å²) in [5, 5.41) is 10.7. The molecule has 0 radical (unpaired) electrons. The Hall–Kier alpha value is -1.69. The van der Waals surface area contributed by atoms with Gasteiger partial charge < -0.3 is 15.0 Å². The van der Waals surface area contributed by atoms with Crippen molar-refractivity contribution in [1.82, 2.24) is 15.1 Å². The van der Waals surface area contributed by atoms with Crippen LogP contribution in [0.1, 0.15) is 24.3 Å². The number of amides is 1. The van der Waals surface area contributed by atoms with Crippen molar-refractivity contribution in [2.75, 3.05) is 32.6 Å². The van der Waals surface area contributed by atoms with Gasteiger partial charge in [-0.1, -0.05) is 0 Å². The van der Waals surface area contributed by atoms with Crippen molar-refractivity contribution in [3.63, 3.8) is 0 Å². The number of ether oxygens (including phenoxy) is 1. The van der Waals surface area contributed by atoms with Crippen molar-refractivity contribution >= 4 is 11.7 Å². The van der Waals surface area contributed by atoms with Crippen LogP contribution in [0.15, 0.2) is 12.1 Å². The number of rotatable bonds is 6. The second kappa shape index (κ2) is 6.90. The SMILES string of the molecule is CNc1ccc(C(=O)N(CCOC)C(C)C)nn1. The summed E-state index contributed by atoms with van der Waals surface area (Å²) in [5.74, 6) is 0.511. The molecule has 0 aliphatic heterocycles. The number of methoxy groups -OCH3 is 1. The average molecular weight is 252 g/mol. The smallest absolute Gasteiger partial charge is 0.274 e. The van der Waals surface area contributed by atoms with E-state index in [-0.39, 0.29) is 11.9 Å². The van der Waals surface area contributed by atoms with Crippen LogP contribution in [0.5, 0.6) is 0 Å². The largest absolute Gasteiger partial charge is 0.383 e. The van der Waals surface area contributed by atoms with Crippen molar-refractivity contribution in [1.29, 1.82) is 0 Å². The average Bonchev–Trinajstić information content (AvgIpc) is 2.38. The van der Waals surface area contributed by atoms with Crippen LogP contribution in [-0.2, 0) is 4.74 Å². The summed E-state index contributed by atoms with van der Waals surface area (Å²) < 4.78 is 5.01. The number of carbonyl (C=O) groups excluding carboxylic acids is 1. The molecule has 1 N–H and O–H groups in total. The molecule has 0 aromatic carbocycles. The molecule has 1 aromatic rings. The molecular weight excluding hydrogens is 232 g/mol. The Bertz CT molecular complexity index is 378. The topological polar surface area (TPSA) is 67.4 Å². The monoisotopic (exact) mass is 252 g/mol. The minimum atomic E-state index is -0.128. The second-order valence-corrected chi connectivity index (χ2v) is 4.14. The van der Waals surface area contributed by atoms with E-state index in [1.807, 2.05) is 13.8 Å². The summed E-state index contributed by atoms with van der Waals surface area (Å²) in [7, 11) is 3.37. The van der Waals surface area contributed by atoms with Crippen molar-refractivity contribution in [2.45, 2.75) is 19.9 Å². The molecule has 0 aliphatic carbocycles. The van der Waals surface area contributed by atoms with Crippen molar-refractivity contribution in [3.05, 3.63) is 17.8 Å². The highest BCUT2D eigenvalue weighted by Gasteiger charge is 2.19. The number of hydrogen-bond acceptors (Lipinski definition) is 5. The van der Waals surface area contributed by atoms with Gasteiger partial charge in [0.05, 0.1) is 6.61 Å². The summed E-state index contributed by atoms with van der Waals surface area (Å²) >= 11 is 0. The molecule has 18 heavy (non-hydrogen) atoms. The molecule has 0 spiro atoms. The van der Waals surface area contributed by atoms with E-state index >= 15 is 0 Å². The van der Waals surface area contributed by atoms with Crippen LogP contribution >= 0.6 is 0 Å². The van der Waals surface area contributed by atoms with E-state index in [0.717, 1.165) is 0 Å². The number of hydrogen-bond donors (Lipinski definition) is 1. The van der Waals surface area contributed by atoms with E-state index in [1.165, 1.54) is 0 Å². The third kappa shape index (κ3) is 3.66. The maximum absolute atomic E-state index is 12.2. The summed E-state index contributed by atoms with van der Waals surface area (Å²) in [6, 6.07) is 3.50. The van der Waals surface area contributed by atoms with Crippen molar-refractivity contribution in [3.8, 4) is 0 Å². The van der Waals surface area contributed by atoms with Crippen molar-refractivity contribution < 1.29 is 9.53 Å². The maximum Gasteiger partial charge on any atom is 0.274 e. The van der Waals surface area contributed by atoms with Crippen LogP contribution in [0.25, 0.3) is 0 Å². The maximum atomic E-state index is 12.2. The number of aromatic nitrogens is 2. The molecule has 0 aliphatic rings. The lowest BCUT2D eigenvalue weighted by molar-refractivity contribution is 0.0628. The Morgan fingerprint density at radius 2 is 2.17 bits per heavy atom. The standard InChI is InChI=1S/C12H20N4O2/c1-9(2)16(7-8-18-4)12(17)10-5-6-11(13-3)15-14-10/h5-6,9H,7-8H2,1-4H3,(H,13,15). The molecule has 1 amide bonds. The molecule has 0 fully saturated rings. The highest BCUT2D eigenvalue weighted by Crippen LogP contribution is 2.07. The summed E-state index contributed by atoms with van der Waals surface area (Å²) in [6.45, 7) is 4.97. The van der Waals surface area contributed by atoms with Gasteiger partial charge in [0.15, 0.2) is 5.69 Å². The number of nitrogens with one attached hydrogen (secondary N) is 1. The van der Waals surface area contributed by atoms with E-state index in [4.69, 9.17) is 4.74 Å². The normalized spacial score (nSPS) is 10.5. The first kappa shape index (κ1) is 14.4. The zero-order valence-electron chi connectivity index (χ0n) is 11.3. The molecule has 6 nitrogen and oxygen atoms in total. The van der Waals surface area contributed by atoms with Crippen LogP contribution in [0, 0.1) is 0 Å². The van der Waals surface area contributed by atoms with Crippen LogP contribution < -0.4 is 5.32 Å². The lowest BCUT2D eigenvalue weighted by Gasteiger charge is -2.25. The third-order valence-corrected chi connectivity index (χ3v) is 2.56. The van der Waals surface area contributed by atoms with E-state index in [0.29, 0.717) is 24.7 Å². The molecule has 0 unspecified atom stereocenters. The molecule has 1 aromatic heterocycles. The van der Waals surface area contributed by atoms with E-state index < -0.39 is 0 Å². The van der Waals surface area contributed by atoms with Gasteiger partial charge in [-0.2, -0.15) is 0 Å². The van der Waals surface area contributed by atoms with Crippen LogP contribution in [0.2, 0.25) is 0 Å². The Kier molecular flexibility index (Phi) is 5.51. The summed E-state index contributed by atoms with van der Waals surface area (Å²) in [4.78, 5) is 14.0. The highest BCUT2D eigenvalue weighted by molar-refractivity contribution is 5.92. The van der Waals surface area contributed by atoms with Crippen LogP contribution in [0.3, 0.4) is 0 Å². The zero-order chi connectivity index (χ0) is 13.5. The third-order valence-electron chi connectivity index (χ3n) is 2.56. The van der Waals surface area contributed by atoms with Gasteiger partial charge in [0.25, 0.3) is 5.91 Å². The quantitative estimate of drug-likeness (QED) is 0.818. The van der Waals surface area contributed by atoms with Gasteiger partial charge in [-0.3, -0.25) is 4.79 Å². The predicted molar refractivity (Wildman–Crippen MR) is 69.6 cm³/mol. The number of carbonyl (C=O) groups is 1. The molecule has 6 heteroatoms. The van der Waals surface area contributed by atoms with Crippen LogP contribution in [-0.4, -0.2) is 54.4 Å². The molecule has 0 atom stereocenters. The molecule has 1 heterocycles. The first-order valence-corrected chi connectivity index (χ1v) is 5.91. The minimum absolute atomic E-state index is 0.0958. The van der Waals surface area contributed by atoms with Gasteiger partial charge in [-0.15, -0.1) is 10.2 Å². The van der Waals surface area contributed by atoms with Gasteiger partial charge in [0.1, 0.15) is 5.82 Å². The first-order chi connectivity index (χ1) is 8.60. The van der Waals surface area contributed by atoms with Gasteiger partial charge >= 0.3 is 0 Å². The summed E-state index contributed by atoms with van der Waals surface area (Å²) in [6.07, 6.45) is 0. The van der Waals surface area contributed by atoms with Crippen LogP contribution in [0.4, 0.5) is 5.82 Å². The molecule has 100 valence electrons. The van der Waals surface area contributed by atoms with Gasteiger partial charge in [-0.25, -0.2) is 0 Å². The molecule has 0 bridgehead atoms. The predicted octanol–water partition coefficient (Wildman–Crippen LogP) is 1.02. The second-order valence-electron chi connectivity index (χ2n) is 4.14. The minimum Gasteiger partial charge on any atom is -0.383 e. The molecule has 0 saturated heterocycles. The Labute approximate surface area is 107 Å². The lowest BCUT2D eigenvalue weighted by atomic mass is 10.2. The molecule has 0 saturated carbocycles. The fourth-order valence-corrected chi connectivity index (χ4v) is 1.51. The fraction of sp³-hybridized carbons (Fsp3) is 0.583.